The molecule has 0 aliphatic rings. The Morgan fingerprint density at radius 2 is 1.75 bits per heavy atom. The van der Waals surface area contributed by atoms with Gasteiger partial charge in [-0.05, 0) is 11.5 Å². The third-order valence-electron chi connectivity index (χ3n) is 3.47. The van der Waals surface area contributed by atoms with Gasteiger partial charge in [0.25, 0.3) is 5.60 Å². The minimum atomic E-state index is -5.35. The van der Waals surface area contributed by atoms with Crippen molar-refractivity contribution in [3.63, 3.8) is 0 Å². The summed E-state index contributed by atoms with van der Waals surface area (Å²) in [4.78, 5) is 23.3. The highest BCUT2D eigenvalue weighted by Gasteiger charge is 2.61. The van der Waals surface area contributed by atoms with Crippen LogP contribution in [0, 0.1) is 0 Å². The average molecular weight is 341 g/mol. The number of amides is 1. The van der Waals surface area contributed by atoms with Gasteiger partial charge in [0, 0.05) is 11.1 Å². The van der Waals surface area contributed by atoms with E-state index in [0.29, 0.717) is 12.5 Å². The van der Waals surface area contributed by atoms with Gasteiger partial charge in [-0.15, -0.1) is 0 Å². The number of hydrogen-bond acceptors (Lipinski definition) is 4. The standard InChI is InChI=1S/C16H14F3NO4/c1-24-14(22)15(23,16(17,18)19)9-13(21)20-12-8-4-6-10-5-2-3-7-11(10)12/h2-8,23H,9H2,1H3,(H,20,21). The number of hydrogen-bond donors (Lipinski definition) is 2. The summed E-state index contributed by atoms with van der Waals surface area (Å²) in [6.45, 7) is 0. The molecule has 0 fully saturated rings. The van der Waals surface area contributed by atoms with E-state index in [9.17, 15) is 27.9 Å². The van der Waals surface area contributed by atoms with Crippen molar-refractivity contribution in [1.29, 1.82) is 0 Å². The maximum absolute atomic E-state index is 13.0. The number of fused-ring (bicyclic) bond motifs is 1. The number of alkyl halides is 3. The number of nitrogens with one attached hydrogen (secondary N) is 1. The van der Waals surface area contributed by atoms with Gasteiger partial charge in [-0.1, -0.05) is 36.4 Å². The first-order valence-electron chi connectivity index (χ1n) is 6.84. The number of carbonyl (C=O) groups is 2. The molecule has 5 nitrogen and oxygen atoms in total. The van der Waals surface area contributed by atoms with Gasteiger partial charge >= 0.3 is 12.1 Å². The van der Waals surface area contributed by atoms with Crippen molar-refractivity contribution < 1.29 is 32.6 Å². The maximum Gasteiger partial charge on any atom is 0.428 e. The summed E-state index contributed by atoms with van der Waals surface area (Å²) in [7, 11) is 0.696. The van der Waals surface area contributed by atoms with E-state index in [1.54, 1.807) is 36.4 Å². The fourth-order valence-corrected chi connectivity index (χ4v) is 2.22. The average Bonchev–Trinajstić information content (AvgIpc) is 2.53. The lowest BCUT2D eigenvalue weighted by Crippen LogP contribution is -2.54. The van der Waals surface area contributed by atoms with Crippen molar-refractivity contribution in [1.82, 2.24) is 0 Å². The van der Waals surface area contributed by atoms with Crippen LogP contribution < -0.4 is 5.32 Å². The van der Waals surface area contributed by atoms with Gasteiger partial charge in [0.05, 0.1) is 13.5 Å². The van der Waals surface area contributed by atoms with E-state index < -0.39 is 30.1 Å². The molecule has 0 spiro atoms. The van der Waals surface area contributed by atoms with E-state index in [-0.39, 0.29) is 5.69 Å². The molecule has 128 valence electrons. The summed E-state index contributed by atoms with van der Waals surface area (Å²) < 4.78 is 42.9. The van der Waals surface area contributed by atoms with Gasteiger partial charge in [-0.3, -0.25) is 4.79 Å². The summed E-state index contributed by atoms with van der Waals surface area (Å²) >= 11 is 0. The monoisotopic (exact) mass is 341 g/mol. The summed E-state index contributed by atoms with van der Waals surface area (Å²) in [5, 5.41) is 13.3. The molecule has 0 aliphatic heterocycles. The van der Waals surface area contributed by atoms with Gasteiger partial charge < -0.3 is 15.2 Å². The zero-order valence-corrected chi connectivity index (χ0v) is 12.6. The molecular weight excluding hydrogens is 327 g/mol. The number of benzene rings is 2. The molecule has 2 rings (SSSR count). The molecule has 0 aromatic heterocycles. The first-order valence-corrected chi connectivity index (χ1v) is 6.84. The zero-order valence-electron chi connectivity index (χ0n) is 12.6. The van der Waals surface area contributed by atoms with Crippen LogP contribution in [-0.4, -0.2) is 35.9 Å². The molecule has 0 saturated carbocycles. The number of halogens is 3. The minimum Gasteiger partial charge on any atom is -0.467 e. The lowest BCUT2D eigenvalue weighted by Gasteiger charge is -2.27. The number of anilines is 1. The molecule has 1 amide bonds. The van der Waals surface area contributed by atoms with Crippen molar-refractivity contribution in [3.8, 4) is 0 Å². The van der Waals surface area contributed by atoms with Crippen LogP contribution in [0.15, 0.2) is 42.5 Å². The summed E-state index contributed by atoms with van der Waals surface area (Å²) in [6.07, 6.45) is -6.86. The second-order valence-corrected chi connectivity index (χ2v) is 5.10. The Balaban J connectivity index is 2.27. The number of esters is 1. The molecular formula is C16H14F3NO4. The number of methoxy groups -OCH3 is 1. The predicted molar refractivity (Wildman–Crippen MR) is 80.2 cm³/mol. The fraction of sp³-hybridized carbons (Fsp3) is 0.250. The van der Waals surface area contributed by atoms with Crippen LogP contribution in [0.2, 0.25) is 0 Å². The fourth-order valence-electron chi connectivity index (χ4n) is 2.22. The topological polar surface area (TPSA) is 75.6 Å². The second-order valence-electron chi connectivity index (χ2n) is 5.10. The minimum absolute atomic E-state index is 0.271. The summed E-state index contributed by atoms with van der Waals surface area (Å²) in [5.41, 5.74) is -3.64. The number of ether oxygens (including phenoxy) is 1. The van der Waals surface area contributed by atoms with Crippen LogP contribution in [0.25, 0.3) is 10.8 Å². The molecule has 8 heteroatoms. The molecule has 2 aromatic carbocycles. The highest BCUT2D eigenvalue weighted by Crippen LogP contribution is 2.35. The van der Waals surface area contributed by atoms with Crippen molar-refractivity contribution >= 4 is 28.3 Å². The maximum atomic E-state index is 13.0. The van der Waals surface area contributed by atoms with E-state index in [1.807, 2.05) is 0 Å². The Hall–Kier alpha value is -2.61. The van der Waals surface area contributed by atoms with Gasteiger partial charge in [0.15, 0.2) is 0 Å². The highest BCUT2D eigenvalue weighted by atomic mass is 19.4. The summed E-state index contributed by atoms with van der Waals surface area (Å²) in [6, 6.07) is 11.8. The molecule has 0 bridgehead atoms. The molecule has 2 aromatic rings. The van der Waals surface area contributed by atoms with E-state index in [1.165, 1.54) is 6.07 Å². The van der Waals surface area contributed by atoms with Crippen LogP contribution in [0.5, 0.6) is 0 Å². The van der Waals surface area contributed by atoms with Gasteiger partial charge in [0.2, 0.25) is 5.91 Å². The number of aliphatic hydroxyl groups is 1. The largest absolute Gasteiger partial charge is 0.467 e. The van der Waals surface area contributed by atoms with Gasteiger partial charge in [-0.2, -0.15) is 13.2 Å². The van der Waals surface area contributed by atoms with E-state index in [2.05, 4.69) is 10.1 Å². The van der Waals surface area contributed by atoms with Crippen molar-refractivity contribution in [2.75, 3.05) is 12.4 Å². The molecule has 24 heavy (non-hydrogen) atoms. The molecule has 1 unspecified atom stereocenters. The van der Waals surface area contributed by atoms with E-state index >= 15 is 0 Å². The molecule has 2 N–H and O–H groups in total. The Morgan fingerprint density at radius 1 is 1.12 bits per heavy atom. The van der Waals surface area contributed by atoms with E-state index in [4.69, 9.17) is 0 Å². The number of rotatable bonds is 4. The zero-order chi connectivity index (χ0) is 18.0. The Kier molecular flexibility index (Phi) is 4.79. The van der Waals surface area contributed by atoms with Crippen molar-refractivity contribution in [3.05, 3.63) is 42.5 Å². The van der Waals surface area contributed by atoms with Crippen molar-refractivity contribution in [2.24, 2.45) is 0 Å². The summed E-state index contributed by atoms with van der Waals surface area (Å²) in [5.74, 6) is -3.11. The van der Waals surface area contributed by atoms with Crippen LogP contribution in [0.3, 0.4) is 0 Å². The first kappa shape index (κ1) is 17.7. The first-order chi connectivity index (χ1) is 11.2. The molecule has 0 radical (unpaired) electrons. The second kappa shape index (κ2) is 6.48. The van der Waals surface area contributed by atoms with Crippen molar-refractivity contribution in [2.45, 2.75) is 18.2 Å². The van der Waals surface area contributed by atoms with Crippen LogP contribution in [0.1, 0.15) is 6.42 Å². The predicted octanol–water partition coefficient (Wildman–Crippen LogP) is 2.63. The number of carbonyl (C=O) groups excluding carboxylic acids is 2. The molecule has 0 saturated heterocycles. The lowest BCUT2D eigenvalue weighted by molar-refractivity contribution is -0.261. The molecule has 0 aliphatic carbocycles. The quantitative estimate of drug-likeness (QED) is 0.839. The van der Waals surface area contributed by atoms with Crippen LogP contribution in [-0.2, 0) is 14.3 Å². The molecule has 1 atom stereocenters. The van der Waals surface area contributed by atoms with E-state index in [0.717, 1.165) is 5.39 Å². The van der Waals surface area contributed by atoms with Gasteiger partial charge in [-0.25, -0.2) is 4.79 Å². The Labute approximate surface area is 135 Å². The lowest BCUT2D eigenvalue weighted by atomic mass is 9.98. The molecule has 0 heterocycles. The van der Waals surface area contributed by atoms with Crippen LogP contribution in [0.4, 0.5) is 18.9 Å². The third kappa shape index (κ3) is 3.33. The third-order valence-corrected chi connectivity index (χ3v) is 3.47. The smallest absolute Gasteiger partial charge is 0.428 e. The van der Waals surface area contributed by atoms with Gasteiger partial charge in [0.1, 0.15) is 0 Å². The normalized spacial score (nSPS) is 14.0. The Morgan fingerprint density at radius 3 is 2.38 bits per heavy atom. The van der Waals surface area contributed by atoms with Crippen LogP contribution >= 0.6 is 0 Å². The Bertz CT molecular complexity index is 770. The SMILES string of the molecule is COC(=O)C(O)(CC(=O)Nc1cccc2ccccc12)C(F)(F)F. The highest BCUT2D eigenvalue weighted by molar-refractivity contribution is 6.03.